The van der Waals surface area contributed by atoms with E-state index in [-0.39, 0.29) is 0 Å². The van der Waals surface area contributed by atoms with Crippen molar-refractivity contribution in [3.05, 3.63) is 17.0 Å². The molecule has 1 fully saturated rings. The second-order valence-electron chi connectivity index (χ2n) is 2.95. The number of nitrogens with zero attached hydrogens (tertiary/aromatic N) is 2. The Morgan fingerprint density at radius 3 is 2.86 bits per heavy atom. The van der Waals surface area contributed by atoms with E-state index in [1.54, 1.807) is 18.0 Å². The molecule has 0 spiro atoms. The first-order valence-corrected chi connectivity index (χ1v) is 6.04. The van der Waals surface area contributed by atoms with E-state index in [1.165, 1.54) is 11.3 Å². The van der Waals surface area contributed by atoms with Crippen LogP contribution in [0.5, 0.6) is 0 Å². The highest BCUT2D eigenvalue weighted by molar-refractivity contribution is 7.99. The molecule has 2 heterocycles. The third kappa shape index (κ3) is 2.54. The number of nitrogens with one attached hydrogen (secondary N) is 1. The first kappa shape index (κ1) is 10.1. The zero-order valence-electron chi connectivity index (χ0n) is 7.60. The highest BCUT2D eigenvalue weighted by Crippen LogP contribution is 2.34. The smallest absolute Gasteiger partial charge is 0.161 e. The molecule has 0 aromatic carbocycles. The van der Waals surface area contributed by atoms with Gasteiger partial charge in [-0.25, -0.2) is 4.31 Å². The predicted molar refractivity (Wildman–Crippen MR) is 60.1 cm³/mol. The normalized spacial score (nSPS) is 18.3. The van der Waals surface area contributed by atoms with Crippen LogP contribution in [-0.2, 0) is 0 Å². The fourth-order valence-electron chi connectivity index (χ4n) is 1.27. The van der Waals surface area contributed by atoms with Crippen LogP contribution in [0.3, 0.4) is 0 Å². The quantitative estimate of drug-likeness (QED) is 0.636. The van der Waals surface area contributed by atoms with Crippen LogP contribution in [0.25, 0.3) is 0 Å². The molecule has 0 radical (unpaired) electrons. The van der Waals surface area contributed by atoms with Crippen molar-refractivity contribution in [2.75, 3.05) is 26.2 Å². The third-order valence-electron chi connectivity index (χ3n) is 1.95. The minimum Gasteiger partial charge on any atom is -0.314 e. The molecule has 0 bridgehead atoms. The molecule has 14 heavy (non-hydrogen) atoms. The molecule has 1 aromatic heterocycles. The zero-order chi connectivity index (χ0) is 9.80. The van der Waals surface area contributed by atoms with Gasteiger partial charge in [-0.1, -0.05) is 0 Å². The first-order valence-electron chi connectivity index (χ1n) is 4.45. The summed E-state index contributed by atoms with van der Waals surface area (Å²) in [6, 6.07) is 3.72. The second-order valence-corrected chi connectivity index (χ2v) is 5.41. The van der Waals surface area contributed by atoms with Gasteiger partial charge in [0.15, 0.2) is 5.00 Å². The third-order valence-corrected chi connectivity index (χ3v) is 4.12. The minimum atomic E-state index is 0.558. The van der Waals surface area contributed by atoms with Gasteiger partial charge in [-0.05, 0) is 29.3 Å². The fraction of sp³-hybridized carbons (Fsp3) is 0.500. The standard InChI is InChI=1S/C8H11N3OS2/c12-10-7-1-2-8(13-7)14-11-5-3-9-4-6-11/h1-2,9H,3-6H2. The van der Waals surface area contributed by atoms with Crippen molar-refractivity contribution in [2.45, 2.75) is 4.21 Å². The van der Waals surface area contributed by atoms with E-state index >= 15 is 0 Å². The van der Waals surface area contributed by atoms with Crippen molar-refractivity contribution in [3.8, 4) is 0 Å². The summed E-state index contributed by atoms with van der Waals surface area (Å²) in [6.07, 6.45) is 0. The average Bonchev–Trinajstić information content (AvgIpc) is 2.67. The molecule has 6 heteroatoms. The number of hydrogen-bond donors (Lipinski definition) is 1. The highest BCUT2D eigenvalue weighted by Gasteiger charge is 2.12. The Bertz CT molecular complexity index is 309. The van der Waals surface area contributed by atoms with Crippen LogP contribution in [0.15, 0.2) is 21.5 Å². The van der Waals surface area contributed by atoms with Gasteiger partial charge in [-0.15, -0.1) is 16.2 Å². The van der Waals surface area contributed by atoms with Crippen molar-refractivity contribution in [1.82, 2.24) is 9.62 Å². The predicted octanol–water partition coefficient (Wildman–Crippen LogP) is 2.06. The molecule has 1 aliphatic heterocycles. The van der Waals surface area contributed by atoms with E-state index in [1.807, 2.05) is 6.07 Å². The maximum Gasteiger partial charge on any atom is 0.161 e. The topological polar surface area (TPSA) is 44.7 Å². The second kappa shape index (κ2) is 4.88. The van der Waals surface area contributed by atoms with E-state index in [2.05, 4.69) is 14.8 Å². The van der Waals surface area contributed by atoms with Gasteiger partial charge in [0.1, 0.15) is 0 Å². The summed E-state index contributed by atoms with van der Waals surface area (Å²) in [5.74, 6) is 0. The monoisotopic (exact) mass is 229 g/mol. The summed E-state index contributed by atoms with van der Waals surface area (Å²) in [7, 11) is 0. The summed E-state index contributed by atoms with van der Waals surface area (Å²) in [5.41, 5.74) is 0. The van der Waals surface area contributed by atoms with Gasteiger partial charge in [-0.3, -0.25) is 0 Å². The van der Waals surface area contributed by atoms with Crippen molar-refractivity contribution in [2.24, 2.45) is 5.18 Å². The summed E-state index contributed by atoms with van der Waals surface area (Å²) >= 11 is 3.16. The molecule has 0 saturated carbocycles. The van der Waals surface area contributed by atoms with Crippen LogP contribution < -0.4 is 5.32 Å². The summed E-state index contributed by atoms with van der Waals surface area (Å²) in [5, 5.41) is 6.76. The van der Waals surface area contributed by atoms with E-state index in [0.717, 1.165) is 30.4 Å². The van der Waals surface area contributed by atoms with Gasteiger partial charge in [-0.2, -0.15) is 0 Å². The Hall–Kier alpha value is -0.430. The van der Waals surface area contributed by atoms with Gasteiger partial charge in [0.2, 0.25) is 0 Å². The SMILES string of the molecule is O=Nc1ccc(SN2CCNCC2)s1. The first-order chi connectivity index (χ1) is 6.88. The largest absolute Gasteiger partial charge is 0.314 e. The summed E-state index contributed by atoms with van der Waals surface area (Å²) in [4.78, 5) is 10.2. The van der Waals surface area contributed by atoms with Crippen LogP contribution in [0, 0.1) is 4.91 Å². The lowest BCUT2D eigenvalue weighted by Crippen LogP contribution is -2.39. The Morgan fingerprint density at radius 2 is 2.21 bits per heavy atom. The Labute approximate surface area is 90.8 Å². The molecule has 1 aliphatic rings. The maximum atomic E-state index is 10.2. The molecular formula is C8H11N3OS2. The Kier molecular flexibility index (Phi) is 3.52. The van der Waals surface area contributed by atoms with Crippen LogP contribution in [-0.4, -0.2) is 30.5 Å². The number of piperazine rings is 1. The highest BCUT2D eigenvalue weighted by atomic mass is 32.2. The molecule has 0 unspecified atom stereocenters. The Morgan fingerprint density at radius 1 is 1.43 bits per heavy atom. The van der Waals surface area contributed by atoms with Gasteiger partial charge < -0.3 is 5.32 Å². The van der Waals surface area contributed by atoms with Gasteiger partial charge in [0.25, 0.3) is 0 Å². The average molecular weight is 229 g/mol. The number of hydrogen-bond acceptors (Lipinski definition) is 6. The van der Waals surface area contributed by atoms with Crippen molar-refractivity contribution in [1.29, 1.82) is 0 Å². The fourth-order valence-corrected chi connectivity index (χ4v) is 3.26. The molecule has 76 valence electrons. The van der Waals surface area contributed by atoms with Crippen molar-refractivity contribution in [3.63, 3.8) is 0 Å². The number of thiophene rings is 1. The molecule has 2 rings (SSSR count). The van der Waals surface area contributed by atoms with E-state index in [4.69, 9.17) is 0 Å². The van der Waals surface area contributed by atoms with E-state index in [0.29, 0.717) is 5.00 Å². The van der Waals surface area contributed by atoms with E-state index in [9.17, 15) is 4.91 Å². The molecule has 0 amide bonds. The van der Waals surface area contributed by atoms with Crippen LogP contribution in [0.1, 0.15) is 0 Å². The van der Waals surface area contributed by atoms with Crippen LogP contribution in [0.4, 0.5) is 5.00 Å². The lowest BCUT2D eigenvalue weighted by molar-refractivity contribution is 0.397. The molecule has 1 N–H and O–H groups in total. The van der Waals surface area contributed by atoms with E-state index < -0.39 is 0 Å². The summed E-state index contributed by atoms with van der Waals surface area (Å²) < 4.78 is 3.44. The lowest BCUT2D eigenvalue weighted by Gasteiger charge is -2.25. The van der Waals surface area contributed by atoms with Gasteiger partial charge >= 0.3 is 0 Å². The molecule has 1 aromatic rings. The molecule has 0 aliphatic carbocycles. The number of rotatable bonds is 3. The Balaban J connectivity index is 1.92. The molecule has 0 atom stereocenters. The number of nitroso groups, excluding NO2 is 1. The zero-order valence-corrected chi connectivity index (χ0v) is 9.24. The summed E-state index contributed by atoms with van der Waals surface area (Å²) in [6.45, 7) is 4.17. The maximum absolute atomic E-state index is 10.2. The lowest BCUT2D eigenvalue weighted by atomic mass is 10.4. The van der Waals surface area contributed by atoms with Crippen molar-refractivity contribution < 1.29 is 0 Å². The van der Waals surface area contributed by atoms with Gasteiger partial charge in [0, 0.05) is 26.2 Å². The van der Waals surface area contributed by atoms with Gasteiger partial charge in [0.05, 0.1) is 4.21 Å². The minimum absolute atomic E-state index is 0.558. The molecule has 4 nitrogen and oxygen atoms in total. The molecular weight excluding hydrogens is 218 g/mol. The van der Waals surface area contributed by atoms with Crippen molar-refractivity contribution >= 4 is 28.3 Å². The van der Waals surface area contributed by atoms with Crippen LogP contribution >= 0.6 is 23.3 Å². The molecule has 1 saturated heterocycles. The van der Waals surface area contributed by atoms with Crippen LogP contribution in [0.2, 0.25) is 0 Å².